The van der Waals surface area contributed by atoms with Crippen LogP contribution in [0.25, 0.3) is 0 Å². The zero-order chi connectivity index (χ0) is 17.6. The molecule has 2 rings (SSSR count). The van der Waals surface area contributed by atoms with Gasteiger partial charge in [-0.2, -0.15) is 0 Å². The van der Waals surface area contributed by atoms with Gasteiger partial charge in [0.25, 0.3) is 0 Å². The molecule has 23 heavy (non-hydrogen) atoms. The fourth-order valence-corrected chi connectivity index (χ4v) is 4.12. The average Bonchev–Trinajstić information content (AvgIpc) is 2.51. The normalized spacial score (nSPS) is 25.9. The number of piperidine rings is 2. The fourth-order valence-electron chi connectivity index (χ4n) is 4.12. The van der Waals surface area contributed by atoms with Crippen molar-refractivity contribution in [2.45, 2.75) is 67.7 Å². The molecule has 0 aromatic rings. The summed E-state index contributed by atoms with van der Waals surface area (Å²) < 4.78 is 0. The Kier molecular flexibility index (Phi) is 8.06. The van der Waals surface area contributed by atoms with Crippen molar-refractivity contribution >= 4 is 5.91 Å². The zero-order valence-corrected chi connectivity index (χ0v) is 16.7. The molecule has 1 atom stereocenters. The van der Waals surface area contributed by atoms with Crippen LogP contribution in [-0.2, 0) is 4.79 Å². The predicted octanol–water partition coefficient (Wildman–Crippen LogP) is 4.28. The highest BCUT2D eigenvalue weighted by Gasteiger charge is 2.37. The number of hydrogen-bond acceptors (Lipinski definition) is 2. The lowest BCUT2D eigenvalue weighted by Gasteiger charge is -2.46. The molecular weight excluding hydrogens is 284 g/mol. The highest BCUT2D eigenvalue weighted by atomic mass is 16.2. The Balaban J connectivity index is 0.00000127. The second-order valence-electron chi connectivity index (χ2n) is 8.30. The first kappa shape index (κ1) is 20.5. The van der Waals surface area contributed by atoms with Crippen LogP contribution >= 0.6 is 0 Å². The number of carbonyl (C=O) groups excluding carboxylic acids is 1. The van der Waals surface area contributed by atoms with Gasteiger partial charge in [-0.15, -0.1) is 0 Å². The van der Waals surface area contributed by atoms with Crippen molar-refractivity contribution < 1.29 is 4.79 Å². The summed E-state index contributed by atoms with van der Waals surface area (Å²) in [5, 5.41) is 0. The first-order valence-electron chi connectivity index (χ1n) is 9.77. The van der Waals surface area contributed by atoms with Crippen molar-refractivity contribution in [3.8, 4) is 0 Å². The molecule has 3 nitrogen and oxygen atoms in total. The quantitative estimate of drug-likeness (QED) is 0.774. The maximum Gasteiger partial charge on any atom is 0.219 e. The largest absolute Gasteiger partial charge is 0.342 e. The molecule has 1 unspecified atom stereocenters. The average molecular weight is 325 g/mol. The van der Waals surface area contributed by atoms with E-state index >= 15 is 0 Å². The van der Waals surface area contributed by atoms with E-state index in [4.69, 9.17) is 0 Å². The van der Waals surface area contributed by atoms with Gasteiger partial charge in [0, 0.05) is 26.6 Å². The minimum Gasteiger partial charge on any atom is -0.342 e. The van der Waals surface area contributed by atoms with Gasteiger partial charge < -0.3 is 9.80 Å². The van der Waals surface area contributed by atoms with Crippen LogP contribution in [0.5, 0.6) is 0 Å². The van der Waals surface area contributed by atoms with Crippen molar-refractivity contribution in [3.05, 3.63) is 0 Å². The van der Waals surface area contributed by atoms with Crippen LogP contribution in [0.2, 0.25) is 0 Å². The summed E-state index contributed by atoms with van der Waals surface area (Å²) in [6, 6.07) is 0. The van der Waals surface area contributed by atoms with Crippen LogP contribution in [0.1, 0.15) is 67.7 Å². The Morgan fingerprint density at radius 3 is 2.09 bits per heavy atom. The number of rotatable bonds is 3. The van der Waals surface area contributed by atoms with Crippen LogP contribution in [0.15, 0.2) is 0 Å². The second-order valence-corrected chi connectivity index (χ2v) is 8.30. The predicted molar refractivity (Wildman–Crippen MR) is 99.5 cm³/mol. The Morgan fingerprint density at radius 2 is 1.65 bits per heavy atom. The number of amides is 1. The van der Waals surface area contributed by atoms with Gasteiger partial charge in [0.15, 0.2) is 0 Å². The third-order valence-corrected chi connectivity index (χ3v) is 5.95. The molecule has 2 aliphatic heterocycles. The Bertz CT molecular complexity index is 357. The molecule has 2 aliphatic rings. The number of likely N-dealkylation sites (tertiary alicyclic amines) is 2. The van der Waals surface area contributed by atoms with Gasteiger partial charge in [0.05, 0.1) is 0 Å². The van der Waals surface area contributed by atoms with Crippen molar-refractivity contribution in [1.82, 2.24) is 9.80 Å². The lowest BCUT2D eigenvalue weighted by molar-refractivity contribution is -0.133. The van der Waals surface area contributed by atoms with Gasteiger partial charge in [0.2, 0.25) is 5.91 Å². The van der Waals surface area contributed by atoms with E-state index in [9.17, 15) is 4.79 Å². The first-order valence-corrected chi connectivity index (χ1v) is 9.77. The van der Waals surface area contributed by atoms with E-state index in [2.05, 4.69) is 32.6 Å². The number of hydrogen-bond donors (Lipinski definition) is 0. The second kappa shape index (κ2) is 9.05. The molecule has 0 spiro atoms. The van der Waals surface area contributed by atoms with Gasteiger partial charge in [-0.25, -0.2) is 0 Å². The Morgan fingerprint density at radius 1 is 1.09 bits per heavy atom. The van der Waals surface area contributed by atoms with Crippen LogP contribution in [0.3, 0.4) is 0 Å². The number of carbonyl (C=O) groups is 1. The molecule has 3 heteroatoms. The van der Waals surface area contributed by atoms with E-state index in [0.29, 0.717) is 0 Å². The van der Waals surface area contributed by atoms with Crippen LogP contribution in [0.4, 0.5) is 0 Å². The molecule has 2 fully saturated rings. The number of nitrogens with zero attached hydrogens (tertiary/aromatic N) is 2. The highest BCUT2D eigenvalue weighted by molar-refractivity contribution is 5.73. The smallest absolute Gasteiger partial charge is 0.219 e. The molecule has 136 valence electrons. The fraction of sp³-hybridized carbons (Fsp3) is 0.950. The first-order chi connectivity index (χ1) is 10.8. The van der Waals surface area contributed by atoms with Crippen molar-refractivity contribution in [3.63, 3.8) is 0 Å². The van der Waals surface area contributed by atoms with E-state index in [1.54, 1.807) is 6.92 Å². The molecule has 1 amide bonds. The van der Waals surface area contributed by atoms with Gasteiger partial charge in [0.1, 0.15) is 0 Å². The summed E-state index contributed by atoms with van der Waals surface area (Å²) in [6.07, 6.45) is 3.89. The van der Waals surface area contributed by atoms with E-state index in [1.807, 2.05) is 18.7 Å². The molecule has 2 heterocycles. The molecule has 0 N–H and O–H groups in total. The van der Waals surface area contributed by atoms with E-state index < -0.39 is 0 Å². The highest BCUT2D eigenvalue weighted by Crippen LogP contribution is 2.36. The molecule has 0 radical (unpaired) electrons. The maximum atomic E-state index is 11.6. The van der Waals surface area contributed by atoms with E-state index in [-0.39, 0.29) is 11.3 Å². The molecule has 0 aromatic carbocycles. The Hall–Kier alpha value is -0.570. The Labute approximate surface area is 144 Å². The lowest BCUT2D eigenvalue weighted by atomic mass is 9.73. The molecule has 0 aromatic heterocycles. The summed E-state index contributed by atoms with van der Waals surface area (Å²) >= 11 is 0. The van der Waals surface area contributed by atoms with Crippen molar-refractivity contribution in [1.29, 1.82) is 0 Å². The molecule has 0 saturated carbocycles. The van der Waals surface area contributed by atoms with Gasteiger partial charge in [-0.3, -0.25) is 4.79 Å². The SMILES string of the molecule is CC.CC(=O)N1CCC(CN2CCC(C(C)C)CC2)C(C)(C)C1. The van der Waals surface area contributed by atoms with E-state index in [1.165, 1.54) is 32.5 Å². The summed E-state index contributed by atoms with van der Waals surface area (Å²) in [6.45, 7) is 20.7. The summed E-state index contributed by atoms with van der Waals surface area (Å²) in [5.41, 5.74) is 0.249. The summed E-state index contributed by atoms with van der Waals surface area (Å²) in [5.74, 6) is 2.72. The van der Waals surface area contributed by atoms with Gasteiger partial charge >= 0.3 is 0 Å². The van der Waals surface area contributed by atoms with E-state index in [0.717, 1.165) is 37.3 Å². The minimum absolute atomic E-state index is 0.235. The van der Waals surface area contributed by atoms with Crippen LogP contribution < -0.4 is 0 Å². The van der Waals surface area contributed by atoms with Crippen molar-refractivity contribution in [2.75, 3.05) is 32.7 Å². The van der Waals surface area contributed by atoms with Gasteiger partial charge in [-0.1, -0.05) is 41.5 Å². The third kappa shape index (κ3) is 5.77. The summed E-state index contributed by atoms with van der Waals surface area (Å²) in [4.78, 5) is 16.3. The standard InChI is InChI=1S/C18H34N2O.C2H6/c1-14(2)16-6-9-19(10-7-16)12-17-8-11-20(15(3)21)13-18(17,4)5;1-2/h14,16-17H,6-13H2,1-5H3;1-2H3. The molecule has 0 aliphatic carbocycles. The third-order valence-electron chi connectivity index (χ3n) is 5.95. The molecule has 0 bridgehead atoms. The molecular formula is C20H40N2O. The monoisotopic (exact) mass is 324 g/mol. The lowest BCUT2D eigenvalue weighted by Crippen LogP contribution is -2.51. The van der Waals surface area contributed by atoms with Crippen LogP contribution in [0, 0.1) is 23.2 Å². The molecule has 2 saturated heterocycles. The maximum absolute atomic E-state index is 11.6. The zero-order valence-electron chi connectivity index (χ0n) is 16.7. The minimum atomic E-state index is 0.235. The van der Waals surface area contributed by atoms with Gasteiger partial charge in [-0.05, 0) is 55.5 Å². The van der Waals surface area contributed by atoms with Crippen LogP contribution in [-0.4, -0.2) is 48.4 Å². The summed E-state index contributed by atoms with van der Waals surface area (Å²) in [7, 11) is 0. The topological polar surface area (TPSA) is 23.6 Å². The van der Waals surface area contributed by atoms with Crippen molar-refractivity contribution in [2.24, 2.45) is 23.2 Å².